The van der Waals surface area contributed by atoms with E-state index in [4.69, 9.17) is 8.53 Å². The fourth-order valence-corrected chi connectivity index (χ4v) is 4.12. The van der Waals surface area contributed by atoms with E-state index in [9.17, 15) is 0 Å². The lowest BCUT2D eigenvalue weighted by Gasteiger charge is -2.09. The summed E-state index contributed by atoms with van der Waals surface area (Å²) < 4.78 is 45.1. The van der Waals surface area contributed by atoms with E-state index in [1.165, 1.54) is 12.3 Å². The Hall–Kier alpha value is -4.05. The summed E-state index contributed by atoms with van der Waals surface area (Å²) in [4.78, 5) is 8.86. The molecule has 6 aromatic rings. The standard InChI is InChI=1S/C27H17FN2O/c1-16-14-29-23(13-21(16)17-7-3-2-4-8-17)20-11-12-22(28)25-24-19-10-6-5-9-18(19)15-30-27(24)31-26(20)25/h2-15H,1H3/i1D3. The molecule has 0 aliphatic heterocycles. The predicted octanol–water partition coefficient (Wildman–Crippen LogP) is 7.31. The third-order valence-corrected chi connectivity index (χ3v) is 5.59. The maximum atomic E-state index is 15.2. The number of furan rings is 1. The van der Waals surface area contributed by atoms with Crippen molar-refractivity contribution in [2.75, 3.05) is 0 Å². The summed E-state index contributed by atoms with van der Waals surface area (Å²) in [6, 6.07) is 21.6. The molecule has 0 spiro atoms. The van der Waals surface area contributed by atoms with Gasteiger partial charge in [-0.2, -0.15) is 0 Å². The Labute approximate surface area is 182 Å². The molecule has 0 radical (unpaired) electrons. The van der Waals surface area contributed by atoms with Crippen LogP contribution in [-0.2, 0) is 0 Å². The van der Waals surface area contributed by atoms with Gasteiger partial charge in [0.25, 0.3) is 0 Å². The molecular weight excluding hydrogens is 387 g/mol. The van der Waals surface area contributed by atoms with Crippen molar-refractivity contribution in [1.29, 1.82) is 0 Å². The van der Waals surface area contributed by atoms with Crippen molar-refractivity contribution in [1.82, 2.24) is 9.97 Å². The number of fused-ring (bicyclic) bond motifs is 5. The second-order valence-corrected chi connectivity index (χ2v) is 7.41. The molecule has 0 amide bonds. The van der Waals surface area contributed by atoms with E-state index < -0.39 is 12.7 Å². The second-order valence-electron chi connectivity index (χ2n) is 7.41. The Balaban J connectivity index is 1.66. The topological polar surface area (TPSA) is 38.9 Å². The van der Waals surface area contributed by atoms with E-state index in [0.29, 0.717) is 38.9 Å². The number of pyridine rings is 2. The summed E-state index contributed by atoms with van der Waals surface area (Å²) >= 11 is 0. The summed E-state index contributed by atoms with van der Waals surface area (Å²) in [5.74, 6) is -0.418. The van der Waals surface area contributed by atoms with E-state index in [1.807, 2.05) is 54.6 Å². The Bertz CT molecular complexity index is 1710. The Morgan fingerprint density at radius 2 is 1.68 bits per heavy atom. The van der Waals surface area contributed by atoms with Gasteiger partial charge < -0.3 is 4.42 Å². The minimum absolute atomic E-state index is 0.151. The van der Waals surface area contributed by atoms with Gasteiger partial charge in [0.15, 0.2) is 0 Å². The molecule has 0 N–H and O–H groups in total. The molecule has 0 bridgehead atoms. The van der Waals surface area contributed by atoms with Gasteiger partial charge in [-0.15, -0.1) is 0 Å². The van der Waals surface area contributed by atoms with E-state index >= 15 is 4.39 Å². The monoisotopic (exact) mass is 407 g/mol. The van der Waals surface area contributed by atoms with Crippen LogP contribution in [0.1, 0.15) is 9.68 Å². The molecule has 0 fully saturated rings. The van der Waals surface area contributed by atoms with Crippen LogP contribution in [0.5, 0.6) is 0 Å². The smallest absolute Gasteiger partial charge is 0.228 e. The van der Waals surface area contributed by atoms with Crippen molar-refractivity contribution < 1.29 is 12.9 Å². The van der Waals surface area contributed by atoms with Gasteiger partial charge in [-0.3, -0.25) is 4.98 Å². The third-order valence-electron chi connectivity index (χ3n) is 5.59. The number of nitrogens with zero attached hydrogens (tertiary/aromatic N) is 2. The molecule has 0 unspecified atom stereocenters. The molecule has 4 heteroatoms. The number of aromatic nitrogens is 2. The van der Waals surface area contributed by atoms with Crippen LogP contribution in [-0.4, -0.2) is 9.97 Å². The maximum absolute atomic E-state index is 15.2. The third kappa shape index (κ3) is 2.72. The summed E-state index contributed by atoms with van der Waals surface area (Å²) in [5.41, 5.74) is 3.16. The normalized spacial score (nSPS) is 13.4. The van der Waals surface area contributed by atoms with Gasteiger partial charge >= 0.3 is 0 Å². The lowest BCUT2D eigenvalue weighted by Crippen LogP contribution is -1.91. The fraction of sp³-hybridized carbons (Fsp3) is 0.0370. The first-order valence-electron chi connectivity index (χ1n) is 11.4. The largest absolute Gasteiger partial charge is 0.437 e. The summed E-state index contributed by atoms with van der Waals surface area (Å²) in [6.07, 6.45) is 3.07. The van der Waals surface area contributed by atoms with E-state index in [2.05, 4.69) is 9.97 Å². The highest BCUT2D eigenvalue weighted by Crippen LogP contribution is 2.40. The molecule has 0 aliphatic carbocycles. The molecule has 0 saturated carbocycles. The highest BCUT2D eigenvalue weighted by molar-refractivity contribution is 6.19. The number of hydrogen-bond acceptors (Lipinski definition) is 3. The van der Waals surface area contributed by atoms with Crippen LogP contribution in [0.3, 0.4) is 0 Å². The summed E-state index contributed by atoms with van der Waals surface area (Å²) in [6.45, 7) is -2.34. The van der Waals surface area contributed by atoms with Crippen LogP contribution in [0.15, 0.2) is 89.6 Å². The minimum Gasteiger partial charge on any atom is -0.437 e. The number of benzene rings is 3. The molecule has 31 heavy (non-hydrogen) atoms. The van der Waals surface area contributed by atoms with Crippen LogP contribution >= 0.6 is 0 Å². The zero-order valence-corrected chi connectivity index (χ0v) is 16.3. The molecule has 3 heterocycles. The lowest BCUT2D eigenvalue weighted by molar-refractivity contribution is 0.631. The first-order chi connectivity index (χ1) is 16.4. The predicted molar refractivity (Wildman–Crippen MR) is 122 cm³/mol. The molecule has 6 rings (SSSR count). The van der Waals surface area contributed by atoms with Crippen molar-refractivity contribution in [3.8, 4) is 22.4 Å². The average molecular weight is 407 g/mol. The van der Waals surface area contributed by atoms with Crippen molar-refractivity contribution in [3.05, 3.63) is 96.6 Å². The van der Waals surface area contributed by atoms with Gasteiger partial charge in [-0.05, 0) is 47.1 Å². The Morgan fingerprint density at radius 1 is 0.839 bits per heavy atom. The average Bonchev–Trinajstić information content (AvgIpc) is 3.25. The molecule has 3 aromatic carbocycles. The number of aryl methyl sites for hydroxylation is 1. The molecule has 3 aromatic heterocycles. The van der Waals surface area contributed by atoms with Crippen LogP contribution in [0.4, 0.5) is 4.39 Å². The summed E-state index contributed by atoms with van der Waals surface area (Å²) in [7, 11) is 0. The number of halogens is 1. The molecule has 0 saturated heterocycles. The first kappa shape index (κ1) is 14.9. The zero-order valence-electron chi connectivity index (χ0n) is 19.3. The molecular formula is C27H17FN2O. The van der Waals surface area contributed by atoms with Crippen LogP contribution in [0.25, 0.3) is 55.2 Å². The van der Waals surface area contributed by atoms with Gasteiger partial charge in [0.2, 0.25) is 5.71 Å². The van der Waals surface area contributed by atoms with Gasteiger partial charge in [0.05, 0.1) is 16.5 Å². The van der Waals surface area contributed by atoms with Crippen LogP contribution in [0.2, 0.25) is 0 Å². The lowest BCUT2D eigenvalue weighted by atomic mass is 9.98. The molecule has 0 atom stereocenters. The minimum atomic E-state index is -2.34. The van der Waals surface area contributed by atoms with Gasteiger partial charge in [-0.1, -0.05) is 54.6 Å². The van der Waals surface area contributed by atoms with Gasteiger partial charge in [0.1, 0.15) is 11.4 Å². The first-order valence-corrected chi connectivity index (χ1v) is 9.86. The SMILES string of the molecule is [2H]C([2H])([2H])c1cnc(-c2ccc(F)c3c2oc2ncc4ccccc4c23)cc1-c1ccccc1. The highest BCUT2D eigenvalue weighted by atomic mass is 19.1. The van der Waals surface area contributed by atoms with Crippen molar-refractivity contribution in [2.45, 2.75) is 6.85 Å². The summed E-state index contributed by atoms with van der Waals surface area (Å²) in [5, 5.41) is 2.67. The van der Waals surface area contributed by atoms with Crippen molar-refractivity contribution >= 4 is 32.8 Å². The zero-order chi connectivity index (χ0) is 23.4. The van der Waals surface area contributed by atoms with Gasteiger partial charge in [0, 0.05) is 27.5 Å². The molecule has 3 nitrogen and oxygen atoms in total. The highest BCUT2D eigenvalue weighted by Gasteiger charge is 2.20. The quantitative estimate of drug-likeness (QED) is 0.302. The van der Waals surface area contributed by atoms with E-state index in [0.717, 1.165) is 16.3 Å². The van der Waals surface area contributed by atoms with E-state index in [1.54, 1.807) is 18.3 Å². The second kappa shape index (κ2) is 6.74. The van der Waals surface area contributed by atoms with Crippen LogP contribution < -0.4 is 0 Å². The van der Waals surface area contributed by atoms with Crippen molar-refractivity contribution in [3.63, 3.8) is 0 Å². The number of hydrogen-bond donors (Lipinski definition) is 0. The Kier molecular flexibility index (Phi) is 3.23. The molecule has 148 valence electrons. The fourth-order valence-electron chi connectivity index (χ4n) is 4.12. The maximum Gasteiger partial charge on any atom is 0.228 e. The number of rotatable bonds is 2. The van der Waals surface area contributed by atoms with Crippen LogP contribution in [0, 0.1) is 12.7 Å². The Morgan fingerprint density at radius 3 is 2.55 bits per heavy atom. The van der Waals surface area contributed by atoms with Gasteiger partial charge in [-0.25, -0.2) is 9.37 Å². The van der Waals surface area contributed by atoms with Crippen molar-refractivity contribution in [2.24, 2.45) is 0 Å². The van der Waals surface area contributed by atoms with E-state index in [-0.39, 0.29) is 5.56 Å². The molecule has 0 aliphatic rings.